The topological polar surface area (TPSA) is 133 Å². The number of rotatable bonds is 15. The molecule has 6 rings (SSSR count). The number of nitrogens with zero attached hydrogens (tertiary/aromatic N) is 1. The minimum absolute atomic E-state index is 0.0149. The molecule has 1 saturated heterocycles. The number of β-lactam (4-membered cyclic amide) rings is 1. The van der Waals surface area contributed by atoms with Gasteiger partial charge in [-0.2, -0.15) is 0 Å². The summed E-state index contributed by atoms with van der Waals surface area (Å²) < 4.78 is 53.4. The van der Waals surface area contributed by atoms with Crippen molar-refractivity contribution in [3.8, 4) is 23.7 Å². The molecule has 316 valence electrons. The average molecular weight is 854 g/mol. The molecule has 10 nitrogen and oxygen atoms in total. The summed E-state index contributed by atoms with van der Waals surface area (Å²) in [5.41, 5.74) is 4.72. The lowest BCUT2D eigenvalue weighted by Gasteiger charge is -2.48. The van der Waals surface area contributed by atoms with E-state index in [0.717, 1.165) is 22.9 Å². The van der Waals surface area contributed by atoms with Gasteiger partial charge in [0.25, 0.3) is 0 Å². The zero-order chi connectivity index (χ0) is 44.1. The molecule has 0 unspecified atom stereocenters. The maximum Gasteiger partial charge on any atom is 0.321 e. The van der Waals surface area contributed by atoms with Crippen LogP contribution in [0, 0.1) is 41.3 Å². The van der Waals surface area contributed by atoms with Crippen LogP contribution in [0.4, 0.5) is 10.1 Å². The number of anilines is 1. The molecule has 1 aliphatic heterocycles. The highest BCUT2D eigenvalue weighted by molar-refractivity contribution is 7.90. The Morgan fingerprint density at radius 1 is 0.726 bits per heavy atom. The van der Waals surface area contributed by atoms with E-state index in [4.69, 9.17) is 14.2 Å². The fourth-order valence-corrected chi connectivity index (χ4v) is 7.25. The number of esters is 3. The van der Waals surface area contributed by atoms with Crippen LogP contribution in [0.25, 0.3) is 0 Å². The van der Waals surface area contributed by atoms with E-state index in [0.29, 0.717) is 35.2 Å². The fraction of sp³-hybridized carbons (Fsp3) is 0.240. The Hall–Kier alpha value is -7.02. The van der Waals surface area contributed by atoms with Crippen LogP contribution in [0.2, 0.25) is 0 Å². The first-order valence-electron chi connectivity index (χ1n) is 19.9. The van der Waals surface area contributed by atoms with E-state index in [2.05, 4.69) is 23.7 Å². The minimum Gasteiger partial charge on any atom is -0.460 e. The van der Waals surface area contributed by atoms with Gasteiger partial charge >= 0.3 is 17.9 Å². The molecule has 0 N–H and O–H groups in total. The van der Waals surface area contributed by atoms with Crippen LogP contribution < -0.4 is 4.90 Å². The van der Waals surface area contributed by atoms with Crippen LogP contribution in [0.15, 0.2) is 133 Å². The fourth-order valence-electron chi connectivity index (χ4n) is 6.92. The number of ether oxygens (including phenoxy) is 3. The van der Waals surface area contributed by atoms with Crippen molar-refractivity contribution in [1.82, 2.24) is 0 Å². The third kappa shape index (κ3) is 12.5. The molecule has 5 aromatic carbocycles. The van der Waals surface area contributed by atoms with Crippen molar-refractivity contribution in [3.05, 3.63) is 173 Å². The summed E-state index contributed by atoms with van der Waals surface area (Å²) in [6, 6.07) is 37.7. The highest BCUT2D eigenvalue weighted by Gasteiger charge is 2.48. The Morgan fingerprint density at radius 3 is 1.79 bits per heavy atom. The molecule has 5 aromatic rings. The summed E-state index contributed by atoms with van der Waals surface area (Å²) in [6.45, 7) is 1.27. The van der Waals surface area contributed by atoms with Crippen molar-refractivity contribution in [2.45, 2.75) is 51.5 Å². The van der Waals surface area contributed by atoms with Crippen molar-refractivity contribution < 1.29 is 46.2 Å². The van der Waals surface area contributed by atoms with Gasteiger partial charge in [-0.25, -0.2) is 12.8 Å². The predicted molar refractivity (Wildman–Crippen MR) is 231 cm³/mol. The van der Waals surface area contributed by atoms with Crippen molar-refractivity contribution >= 4 is 39.3 Å². The molecular formula is C50H44FNO9S. The van der Waals surface area contributed by atoms with E-state index in [1.54, 1.807) is 53.4 Å². The number of sulfone groups is 1. The SMILES string of the molecule is CC(=O)O[C@@H](CC[C@H]1C(=O)N(c2ccc(C#CCS(C)(=O)=O)cc2)[C@@H]1c1ccc(C#CCC(C(=O)OCc2ccccc2)C(=O)OCc2ccccc2)cc1)c1ccc(F)cc1. The highest BCUT2D eigenvalue weighted by Crippen LogP contribution is 2.46. The Morgan fingerprint density at radius 2 is 1.26 bits per heavy atom. The largest absolute Gasteiger partial charge is 0.460 e. The number of halogens is 1. The van der Waals surface area contributed by atoms with Crippen LogP contribution in [-0.4, -0.2) is 44.2 Å². The van der Waals surface area contributed by atoms with Crippen molar-refractivity contribution in [3.63, 3.8) is 0 Å². The van der Waals surface area contributed by atoms with Gasteiger partial charge in [0.2, 0.25) is 5.91 Å². The molecule has 3 atom stereocenters. The van der Waals surface area contributed by atoms with E-state index in [1.807, 2.05) is 72.8 Å². The van der Waals surface area contributed by atoms with E-state index in [9.17, 15) is 32.0 Å². The molecule has 1 amide bonds. The van der Waals surface area contributed by atoms with Crippen molar-refractivity contribution in [2.75, 3.05) is 16.9 Å². The lowest BCUT2D eigenvalue weighted by molar-refractivity contribution is -0.163. The highest BCUT2D eigenvalue weighted by atomic mass is 32.2. The zero-order valence-corrected chi connectivity index (χ0v) is 35.0. The first-order valence-corrected chi connectivity index (χ1v) is 21.9. The second-order valence-electron chi connectivity index (χ2n) is 14.8. The molecule has 1 aliphatic rings. The molecule has 0 aliphatic carbocycles. The molecule has 1 fully saturated rings. The molecular weight excluding hydrogens is 810 g/mol. The number of amides is 1. The Labute approximate surface area is 360 Å². The van der Waals surface area contributed by atoms with Gasteiger partial charge in [0.05, 0.1) is 12.0 Å². The van der Waals surface area contributed by atoms with Gasteiger partial charge in [-0.1, -0.05) is 109 Å². The lowest BCUT2D eigenvalue weighted by atomic mass is 9.78. The second-order valence-corrected chi connectivity index (χ2v) is 16.9. The standard InChI is InChI=1S/C50H44FNO9S/c1-35(53)61-46(40-24-26-42(51)27-25-40)31-30-44-47(52(48(44)54)43-28-20-37(21-29-43)16-10-32-62(2,57)58)41-22-18-36(19-23-41)15-9-17-45(49(55)59-33-38-11-5-3-6-12-38)50(56)60-34-39-13-7-4-8-14-39/h3-8,11-14,18-29,44-47H,17,30-34H2,1-2H3/t44-,46+,47-/m1/s1. The Kier molecular flexibility index (Phi) is 15.1. The number of carbonyl (C=O) groups is 4. The molecule has 0 saturated carbocycles. The van der Waals surface area contributed by atoms with Crippen LogP contribution in [-0.2, 0) is 56.4 Å². The summed E-state index contributed by atoms with van der Waals surface area (Å²) in [5, 5.41) is 0. The monoisotopic (exact) mass is 853 g/mol. The van der Waals surface area contributed by atoms with Crippen LogP contribution >= 0.6 is 0 Å². The van der Waals surface area contributed by atoms with Crippen molar-refractivity contribution in [1.29, 1.82) is 0 Å². The number of carbonyl (C=O) groups excluding carboxylic acids is 4. The second kappa shape index (κ2) is 21.0. The Bertz CT molecular complexity index is 2540. The van der Waals surface area contributed by atoms with Gasteiger partial charge in [0.1, 0.15) is 30.9 Å². The minimum atomic E-state index is -3.26. The van der Waals surface area contributed by atoms with Gasteiger partial charge in [-0.15, -0.1) is 0 Å². The van der Waals surface area contributed by atoms with E-state index < -0.39 is 57.5 Å². The first kappa shape index (κ1) is 44.5. The summed E-state index contributed by atoms with van der Waals surface area (Å²) >= 11 is 0. The number of hydrogen-bond acceptors (Lipinski definition) is 9. The predicted octanol–water partition coefficient (Wildman–Crippen LogP) is 7.86. The summed E-state index contributed by atoms with van der Waals surface area (Å²) in [5.74, 6) is 6.83. The zero-order valence-electron chi connectivity index (χ0n) is 34.2. The molecule has 12 heteroatoms. The average Bonchev–Trinajstić information content (AvgIpc) is 3.26. The van der Waals surface area contributed by atoms with Gasteiger partial charge in [-0.05, 0) is 83.6 Å². The lowest BCUT2D eigenvalue weighted by Crippen LogP contribution is -2.55. The Balaban J connectivity index is 1.21. The van der Waals surface area contributed by atoms with Gasteiger partial charge in [0, 0.05) is 36.4 Å². The maximum atomic E-state index is 13.9. The molecule has 0 aromatic heterocycles. The first-order chi connectivity index (χ1) is 29.8. The van der Waals surface area contributed by atoms with E-state index >= 15 is 0 Å². The molecule has 62 heavy (non-hydrogen) atoms. The van der Waals surface area contributed by atoms with Gasteiger partial charge in [-0.3, -0.25) is 19.2 Å². The quantitative estimate of drug-likeness (QED) is 0.0340. The third-order valence-corrected chi connectivity index (χ3v) is 10.7. The van der Waals surface area contributed by atoms with Gasteiger partial charge in [0.15, 0.2) is 15.8 Å². The molecule has 0 radical (unpaired) electrons. The molecule has 1 heterocycles. The van der Waals surface area contributed by atoms with Crippen LogP contribution in [0.3, 0.4) is 0 Å². The summed E-state index contributed by atoms with van der Waals surface area (Å²) in [4.78, 5) is 54.1. The smallest absolute Gasteiger partial charge is 0.321 e. The molecule has 0 bridgehead atoms. The number of hydrogen-bond donors (Lipinski definition) is 0. The van der Waals surface area contributed by atoms with Crippen LogP contribution in [0.1, 0.15) is 71.7 Å². The molecule has 0 spiro atoms. The van der Waals surface area contributed by atoms with E-state index in [1.165, 1.54) is 19.1 Å². The van der Waals surface area contributed by atoms with Crippen molar-refractivity contribution in [2.24, 2.45) is 11.8 Å². The summed E-state index contributed by atoms with van der Waals surface area (Å²) in [7, 11) is -3.26. The van der Waals surface area contributed by atoms with Crippen LogP contribution in [0.5, 0.6) is 0 Å². The van der Waals surface area contributed by atoms with E-state index in [-0.39, 0.29) is 31.3 Å². The third-order valence-electron chi connectivity index (χ3n) is 10.0. The van der Waals surface area contributed by atoms with Gasteiger partial charge < -0.3 is 19.1 Å². The normalized spacial score (nSPS) is 14.9. The maximum absolute atomic E-state index is 13.9. The summed E-state index contributed by atoms with van der Waals surface area (Å²) in [6.07, 6.45) is 0.899. The number of benzene rings is 5.